The highest BCUT2D eigenvalue weighted by atomic mass is 19.1. The summed E-state index contributed by atoms with van der Waals surface area (Å²) in [4.78, 5) is 25.4. The van der Waals surface area contributed by atoms with Gasteiger partial charge in [-0.05, 0) is 81.7 Å². The van der Waals surface area contributed by atoms with E-state index in [0.717, 1.165) is 31.5 Å². The Morgan fingerprint density at radius 2 is 1.73 bits per heavy atom. The van der Waals surface area contributed by atoms with Crippen LogP contribution in [0, 0.1) is 21.8 Å². The molecule has 6 nitrogen and oxygen atoms in total. The van der Waals surface area contributed by atoms with Gasteiger partial charge in [-0.15, -0.1) is 0 Å². The fourth-order valence-electron chi connectivity index (χ4n) is 3.83. The van der Waals surface area contributed by atoms with Crippen molar-refractivity contribution in [1.29, 1.82) is 0 Å². The predicted octanol–water partition coefficient (Wildman–Crippen LogP) is 4.79. The Hall–Kier alpha value is -2.64. The van der Waals surface area contributed by atoms with Gasteiger partial charge in [0.25, 0.3) is 5.69 Å². The molecule has 2 aromatic rings. The molecule has 1 atom stereocenters. The van der Waals surface area contributed by atoms with E-state index in [0.29, 0.717) is 12.1 Å². The number of ketones is 1. The molecule has 0 saturated carbocycles. The van der Waals surface area contributed by atoms with Crippen LogP contribution < -0.4 is 0 Å². The standard InChI is InChI=1S/C23H27FN2O4/c1-16(2)30-22(17-5-9-21(10-6-17)26(28)29)15-25-13-11-19(12-14-25)23(27)18-3-7-20(24)8-4-18/h3-10,16,19,22H,11-15H2,1-2H3. The monoisotopic (exact) mass is 414 g/mol. The molecule has 0 amide bonds. The number of carbonyl (C=O) groups is 1. The van der Waals surface area contributed by atoms with Crippen molar-refractivity contribution in [3.63, 3.8) is 0 Å². The number of ether oxygens (including phenoxy) is 1. The molecule has 2 aromatic carbocycles. The van der Waals surface area contributed by atoms with Crippen molar-refractivity contribution >= 4 is 11.5 Å². The molecule has 0 N–H and O–H groups in total. The Morgan fingerprint density at radius 1 is 1.13 bits per heavy atom. The number of non-ortho nitro benzene ring substituents is 1. The third-order valence-corrected chi connectivity index (χ3v) is 5.42. The fraction of sp³-hybridized carbons (Fsp3) is 0.435. The first-order valence-electron chi connectivity index (χ1n) is 10.3. The lowest BCUT2D eigenvalue weighted by atomic mass is 9.88. The average Bonchev–Trinajstić information content (AvgIpc) is 2.73. The number of likely N-dealkylation sites (tertiary alicyclic amines) is 1. The van der Waals surface area contributed by atoms with Crippen LogP contribution in [0.5, 0.6) is 0 Å². The van der Waals surface area contributed by atoms with Gasteiger partial charge in [-0.3, -0.25) is 14.9 Å². The average molecular weight is 414 g/mol. The quantitative estimate of drug-likeness (QED) is 0.353. The summed E-state index contributed by atoms with van der Waals surface area (Å²) in [5.41, 5.74) is 1.52. The van der Waals surface area contributed by atoms with E-state index in [9.17, 15) is 19.3 Å². The summed E-state index contributed by atoms with van der Waals surface area (Å²) in [5.74, 6) is -0.334. The molecular weight excluding hydrogens is 387 g/mol. The maximum absolute atomic E-state index is 13.1. The summed E-state index contributed by atoms with van der Waals surface area (Å²) in [6.07, 6.45) is 1.30. The molecule has 1 fully saturated rings. The molecule has 160 valence electrons. The Bertz CT molecular complexity index is 860. The van der Waals surface area contributed by atoms with Gasteiger partial charge in [-0.25, -0.2) is 4.39 Å². The minimum absolute atomic E-state index is 0.0165. The number of nitrogens with zero attached hydrogens (tertiary/aromatic N) is 2. The molecule has 1 aliphatic heterocycles. The SMILES string of the molecule is CC(C)OC(CN1CCC(C(=O)c2ccc(F)cc2)CC1)c1ccc([N+](=O)[O-])cc1. The smallest absolute Gasteiger partial charge is 0.269 e. The Kier molecular flexibility index (Phi) is 7.29. The van der Waals surface area contributed by atoms with Crippen LogP contribution in [0.25, 0.3) is 0 Å². The lowest BCUT2D eigenvalue weighted by Gasteiger charge is -2.34. The molecule has 0 bridgehead atoms. The topological polar surface area (TPSA) is 72.7 Å². The van der Waals surface area contributed by atoms with Crippen LogP contribution in [0.1, 0.15) is 48.7 Å². The van der Waals surface area contributed by atoms with E-state index in [-0.39, 0.29) is 35.4 Å². The molecular formula is C23H27FN2O4. The number of hydrogen-bond donors (Lipinski definition) is 0. The van der Waals surface area contributed by atoms with E-state index >= 15 is 0 Å². The van der Waals surface area contributed by atoms with Crippen LogP contribution in [0.15, 0.2) is 48.5 Å². The molecule has 3 rings (SSSR count). The Labute approximate surface area is 175 Å². The Balaban J connectivity index is 1.60. The molecule has 1 saturated heterocycles. The van der Waals surface area contributed by atoms with Gasteiger partial charge in [0.2, 0.25) is 0 Å². The van der Waals surface area contributed by atoms with Gasteiger partial charge in [0.15, 0.2) is 5.78 Å². The summed E-state index contributed by atoms with van der Waals surface area (Å²) >= 11 is 0. The second-order valence-electron chi connectivity index (χ2n) is 7.97. The normalized spacial score (nSPS) is 16.5. The van der Waals surface area contributed by atoms with Crippen LogP contribution in [-0.2, 0) is 4.74 Å². The van der Waals surface area contributed by atoms with Gasteiger partial charge in [0, 0.05) is 30.2 Å². The van der Waals surface area contributed by atoms with Crippen molar-refractivity contribution in [3.8, 4) is 0 Å². The highest BCUT2D eigenvalue weighted by molar-refractivity contribution is 5.97. The Morgan fingerprint density at radius 3 is 2.27 bits per heavy atom. The zero-order valence-electron chi connectivity index (χ0n) is 17.3. The largest absolute Gasteiger partial charge is 0.370 e. The highest BCUT2D eigenvalue weighted by Crippen LogP contribution is 2.27. The van der Waals surface area contributed by atoms with Crippen molar-refractivity contribution in [2.45, 2.75) is 38.9 Å². The summed E-state index contributed by atoms with van der Waals surface area (Å²) in [6.45, 7) is 6.12. The van der Waals surface area contributed by atoms with Crippen LogP contribution in [-0.4, -0.2) is 41.3 Å². The van der Waals surface area contributed by atoms with Gasteiger partial charge < -0.3 is 9.64 Å². The van der Waals surface area contributed by atoms with Crippen LogP contribution >= 0.6 is 0 Å². The lowest BCUT2D eigenvalue weighted by Crippen LogP contribution is -2.39. The van der Waals surface area contributed by atoms with Gasteiger partial charge in [-0.2, -0.15) is 0 Å². The minimum Gasteiger partial charge on any atom is -0.370 e. The van der Waals surface area contributed by atoms with Crippen LogP contribution in [0.3, 0.4) is 0 Å². The van der Waals surface area contributed by atoms with Crippen molar-refractivity contribution in [1.82, 2.24) is 4.90 Å². The first kappa shape index (κ1) is 22.1. The third-order valence-electron chi connectivity index (χ3n) is 5.42. The number of piperidine rings is 1. The summed E-state index contributed by atoms with van der Waals surface area (Å²) in [6, 6.07) is 12.2. The van der Waals surface area contributed by atoms with Gasteiger partial charge in [-0.1, -0.05) is 0 Å². The minimum atomic E-state index is -0.412. The predicted molar refractivity (Wildman–Crippen MR) is 112 cm³/mol. The number of nitro benzene ring substituents is 1. The lowest BCUT2D eigenvalue weighted by molar-refractivity contribution is -0.384. The van der Waals surface area contributed by atoms with Crippen molar-refractivity contribution in [2.75, 3.05) is 19.6 Å². The maximum atomic E-state index is 13.1. The number of rotatable bonds is 8. The van der Waals surface area contributed by atoms with Crippen LogP contribution in [0.4, 0.5) is 10.1 Å². The molecule has 0 aliphatic carbocycles. The molecule has 0 spiro atoms. The molecule has 1 aliphatic rings. The highest BCUT2D eigenvalue weighted by Gasteiger charge is 2.28. The first-order chi connectivity index (χ1) is 14.3. The zero-order chi connectivity index (χ0) is 21.7. The number of Topliss-reactive ketones (excluding diaryl/α,β-unsaturated/α-hetero) is 1. The second-order valence-corrected chi connectivity index (χ2v) is 7.97. The molecule has 1 heterocycles. The number of hydrogen-bond acceptors (Lipinski definition) is 5. The molecule has 7 heteroatoms. The summed E-state index contributed by atoms with van der Waals surface area (Å²) < 4.78 is 19.2. The van der Waals surface area contributed by atoms with E-state index in [1.807, 2.05) is 13.8 Å². The summed E-state index contributed by atoms with van der Waals surface area (Å²) in [5, 5.41) is 10.9. The van der Waals surface area contributed by atoms with Gasteiger partial charge >= 0.3 is 0 Å². The van der Waals surface area contributed by atoms with Crippen LogP contribution in [0.2, 0.25) is 0 Å². The van der Waals surface area contributed by atoms with Crippen molar-refractivity contribution in [2.24, 2.45) is 5.92 Å². The van der Waals surface area contributed by atoms with E-state index in [2.05, 4.69) is 4.90 Å². The van der Waals surface area contributed by atoms with E-state index in [1.165, 1.54) is 24.3 Å². The maximum Gasteiger partial charge on any atom is 0.269 e. The van der Waals surface area contributed by atoms with Gasteiger partial charge in [0.1, 0.15) is 5.82 Å². The second kappa shape index (κ2) is 9.91. The number of nitro groups is 1. The van der Waals surface area contributed by atoms with Crippen molar-refractivity contribution in [3.05, 3.63) is 75.6 Å². The third kappa shape index (κ3) is 5.70. The zero-order valence-corrected chi connectivity index (χ0v) is 17.3. The van der Waals surface area contributed by atoms with E-state index in [1.54, 1.807) is 24.3 Å². The van der Waals surface area contributed by atoms with E-state index < -0.39 is 4.92 Å². The van der Waals surface area contributed by atoms with E-state index in [4.69, 9.17) is 4.74 Å². The first-order valence-corrected chi connectivity index (χ1v) is 10.3. The fourth-order valence-corrected chi connectivity index (χ4v) is 3.83. The number of halogens is 1. The van der Waals surface area contributed by atoms with Crippen molar-refractivity contribution < 1.29 is 18.8 Å². The molecule has 0 radical (unpaired) electrons. The summed E-state index contributed by atoms with van der Waals surface area (Å²) in [7, 11) is 0. The van der Waals surface area contributed by atoms with Gasteiger partial charge in [0.05, 0.1) is 17.1 Å². The number of benzene rings is 2. The number of carbonyl (C=O) groups excluding carboxylic acids is 1. The molecule has 30 heavy (non-hydrogen) atoms. The molecule has 0 aromatic heterocycles. The molecule has 1 unspecified atom stereocenters.